The van der Waals surface area contributed by atoms with Crippen LogP contribution in [0.4, 0.5) is 10.1 Å². The van der Waals surface area contributed by atoms with Crippen LogP contribution in [-0.2, 0) is 0 Å². The SMILES string of the molecule is Cc1ccc(OC[C@H]2SCCN2C(=O)c2ccc(F)cc2)c([N+](=O)[O-])c1. The van der Waals surface area contributed by atoms with Gasteiger partial charge in [0.2, 0.25) is 0 Å². The van der Waals surface area contributed by atoms with Gasteiger partial charge < -0.3 is 9.64 Å². The largest absolute Gasteiger partial charge is 0.484 e. The molecule has 0 unspecified atom stereocenters. The minimum absolute atomic E-state index is 0.0931. The van der Waals surface area contributed by atoms with E-state index in [1.165, 1.54) is 30.3 Å². The molecule has 1 atom stereocenters. The van der Waals surface area contributed by atoms with Crippen molar-refractivity contribution >= 4 is 23.4 Å². The molecule has 1 aliphatic heterocycles. The molecule has 136 valence electrons. The predicted molar refractivity (Wildman–Crippen MR) is 97.0 cm³/mol. The van der Waals surface area contributed by atoms with Gasteiger partial charge in [0, 0.05) is 23.9 Å². The van der Waals surface area contributed by atoms with E-state index in [1.54, 1.807) is 35.7 Å². The van der Waals surface area contributed by atoms with Gasteiger partial charge in [-0.1, -0.05) is 6.07 Å². The van der Waals surface area contributed by atoms with Crippen LogP contribution in [0.1, 0.15) is 15.9 Å². The molecule has 1 fully saturated rings. The lowest BCUT2D eigenvalue weighted by molar-refractivity contribution is -0.385. The normalized spacial score (nSPS) is 16.5. The fraction of sp³-hybridized carbons (Fsp3) is 0.278. The van der Waals surface area contributed by atoms with Gasteiger partial charge in [-0.15, -0.1) is 11.8 Å². The zero-order valence-electron chi connectivity index (χ0n) is 14.1. The lowest BCUT2D eigenvalue weighted by Gasteiger charge is -2.24. The number of carbonyl (C=O) groups is 1. The average molecular weight is 376 g/mol. The number of hydrogen-bond donors (Lipinski definition) is 0. The van der Waals surface area contributed by atoms with Crippen LogP contribution in [-0.4, -0.2) is 40.0 Å². The second-order valence-electron chi connectivity index (χ2n) is 5.87. The van der Waals surface area contributed by atoms with Crippen LogP contribution in [0.15, 0.2) is 42.5 Å². The maximum Gasteiger partial charge on any atom is 0.311 e. The van der Waals surface area contributed by atoms with Crippen molar-refractivity contribution in [1.82, 2.24) is 4.90 Å². The second-order valence-corrected chi connectivity index (χ2v) is 7.16. The summed E-state index contributed by atoms with van der Waals surface area (Å²) in [6, 6.07) is 10.2. The highest BCUT2D eigenvalue weighted by molar-refractivity contribution is 8.00. The van der Waals surface area contributed by atoms with E-state index in [1.807, 2.05) is 0 Å². The van der Waals surface area contributed by atoms with E-state index in [-0.39, 0.29) is 29.3 Å². The highest BCUT2D eigenvalue weighted by Crippen LogP contribution is 2.31. The molecular formula is C18H17FN2O4S. The molecule has 8 heteroatoms. The van der Waals surface area contributed by atoms with E-state index in [9.17, 15) is 19.3 Å². The summed E-state index contributed by atoms with van der Waals surface area (Å²) in [6.45, 7) is 2.46. The molecule has 26 heavy (non-hydrogen) atoms. The van der Waals surface area contributed by atoms with Crippen LogP contribution in [0.5, 0.6) is 5.75 Å². The van der Waals surface area contributed by atoms with Crippen LogP contribution in [0, 0.1) is 22.9 Å². The average Bonchev–Trinajstić information content (AvgIpc) is 3.09. The zero-order valence-corrected chi connectivity index (χ0v) is 14.9. The maximum absolute atomic E-state index is 13.0. The third-order valence-corrected chi connectivity index (χ3v) is 5.23. The predicted octanol–water partition coefficient (Wildman–Crippen LogP) is 3.64. The number of carbonyl (C=O) groups excluding carboxylic acids is 1. The molecule has 0 spiro atoms. The Kier molecular flexibility index (Phi) is 5.41. The molecule has 6 nitrogen and oxygen atoms in total. The molecule has 1 amide bonds. The molecule has 0 bridgehead atoms. The fourth-order valence-corrected chi connectivity index (χ4v) is 3.82. The Morgan fingerprint density at radius 2 is 2.08 bits per heavy atom. The van der Waals surface area contributed by atoms with E-state index >= 15 is 0 Å². The summed E-state index contributed by atoms with van der Waals surface area (Å²) in [6.07, 6.45) is 0. The number of halogens is 1. The highest BCUT2D eigenvalue weighted by atomic mass is 32.2. The number of rotatable bonds is 5. The first kappa shape index (κ1) is 18.2. The Morgan fingerprint density at radius 3 is 2.77 bits per heavy atom. The molecule has 0 radical (unpaired) electrons. The van der Waals surface area contributed by atoms with E-state index in [4.69, 9.17) is 4.74 Å². The Hall–Kier alpha value is -2.61. The van der Waals surface area contributed by atoms with Gasteiger partial charge in [-0.05, 0) is 42.8 Å². The maximum atomic E-state index is 13.0. The molecular weight excluding hydrogens is 359 g/mol. The lowest BCUT2D eigenvalue weighted by atomic mass is 10.2. The summed E-state index contributed by atoms with van der Waals surface area (Å²) in [5.41, 5.74) is 1.08. The van der Waals surface area contributed by atoms with Gasteiger partial charge in [0.25, 0.3) is 5.91 Å². The van der Waals surface area contributed by atoms with Crippen molar-refractivity contribution in [3.05, 3.63) is 69.5 Å². The molecule has 1 heterocycles. The zero-order chi connectivity index (χ0) is 18.7. The van der Waals surface area contributed by atoms with Gasteiger partial charge in [0.1, 0.15) is 17.8 Å². The molecule has 3 rings (SSSR count). The number of thioether (sulfide) groups is 1. The number of benzene rings is 2. The van der Waals surface area contributed by atoms with Gasteiger partial charge in [-0.3, -0.25) is 14.9 Å². The molecule has 0 aliphatic carbocycles. The lowest BCUT2D eigenvalue weighted by Crippen LogP contribution is -2.38. The van der Waals surface area contributed by atoms with Gasteiger partial charge >= 0.3 is 5.69 Å². The van der Waals surface area contributed by atoms with Gasteiger partial charge in [0.05, 0.1) is 4.92 Å². The number of amides is 1. The van der Waals surface area contributed by atoms with Crippen molar-refractivity contribution in [2.45, 2.75) is 12.3 Å². The summed E-state index contributed by atoms with van der Waals surface area (Å²) in [7, 11) is 0. The third-order valence-electron chi connectivity index (χ3n) is 4.03. The molecule has 0 N–H and O–H groups in total. The number of nitrogens with zero attached hydrogens (tertiary/aromatic N) is 2. The van der Waals surface area contributed by atoms with Crippen LogP contribution in [0.25, 0.3) is 0 Å². The van der Waals surface area contributed by atoms with Crippen molar-refractivity contribution in [3.8, 4) is 5.75 Å². The van der Waals surface area contributed by atoms with Gasteiger partial charge in [-0.2, -0.15) is 0 Å². The quantitative estimate of drug-likeness (QED) is 0.588. The first-order valence-electron chi connectivity index (χ1n) is 8.01. The van der Waals surface area contributed by atoms with Crippen LogP contribution in [0.2, 0.25) is 0 Å². The summed E-state index contributed by atoms with van der Waals surface area (Å²) in [5, 5.41) is 10.9. The minimum Gasteiger partial charge on any atom is -0.484 e. The Morgan fingerprint density at radius 1 is 1.35 bits per heavy atom. The van der Waals surface area contributed by atoms with Crippen molar-refractivity contribution in [2.24, 2.45) is 0 Å². The Bertz CT molecular complexity index is 828. The topological polar surface area (TPSA) is 72.7 Å². The highest BCUT2D eigenvalue weighted by Gasteiger charge is 2.31. The van der Waals surface area contributed by atoms with Crippen LogP contribution >= 0.6 is 11.8 Å². The van der Waals surface area contributed by atoms with Gasteiger partial charge in [0.15, 0.2) is 5.75 Å². The van der Waals surface area contributed by atoms with Crippen molar-refractivity contribution in [2.75, 3.05) is 18.9 Å². The molecule has 0 aromatic heterocycles. The summed E-state index contributed by atoms with van der Waals surface area (Å²) < 4.78 is 18.7. The number of nitro groups is 1. The number of ether oxygens (including phenoxy) is 1. The van der Waals surface area contributed by atoms with Crippen LogP contribution < -0.4 is 4.74 Å². The number of aryl methyl sites for hydroxylation is 1. The number of hydrogen-bond acceptors (Lipinski definition) is 5. The molecule has 2 aromatic rings. The smallest absolute Gasteiger partial charge is 0.311 e. The Labute approximate surface area is 154 Å². The third kappa shape index (κ3) is 3.96. The minimum atomic E-state index is -0.481. The van der Waals surface area contributed by atoms with E-state index in [0.29, 0.717) is 12.1 Å². The molecule has 1 saturated heterocycles. The van der Waals surface area contributed by atoms with Crippen LogP contribution in [0.3, 0.4) is 0 Å². The van der Waals surface area contributed by atoms with E-state index in [2.05, 4.69) is 0 Å². The molecule has 0 saturated carbocycles. The fourth-order valence-electron chi connectivity index (χ4n) is 2.70. The molecule has 2 aromatic carbocycles. The first-order valence-corrected chi connectivity index (χ1v) is 9.06. The molecule has 1 aliphatic rings. The Balaban J connectivity index is 1.71. The standard InChI is InChI=1S/C18H17FN2O4S/c1-12-2-7-16(15(10-12)21(23)24)25-11-17-20(8-9-26-17)18(22)13-3-5-14(19)6-4-13/h2-7,10,17H,8-9,11H2,1H3/t17-/m1/s1. The van der Waals surface area contributed by atoms with Gasteiger partial charge in [-0.25, -0.2) is 4.39 Å². The van der Waals surface area contributed by atoms with E-state index in [0.717, 1.165) is 11.3 Å². The summed E-state index contributed by atoms with van der Waals surface area (Å²) in [4.78, 5) is 25.0. The second kappa shape index (κ2) is 7.74. The van der Waals surface area contributed by atoms with Crippen molar-refractivity contribution in [1.29, 1.82) is 0 Å². The summed E-state index contributed by atoms with van der Waals surface area (Å²) in [5.74, 6) is 0.324. The first-order chi connectivity index (χ1) is 12.5. The van der Waals surface area contributed by atoms with Crippen molar-refractivity contribution in [3.63, 3.8) is 0 Å². The summed E-state index contributed by atoms with van der Waals surface area (Å²) >= 11 is 1.55. The van der Waals surface area contributed by atoms with Crippen molar-refractivity contribution < 1.29 is 18.8 Å². The number of nitro benzene ring substituents is 1. The van der Waals surface area contributed by atoms with E-state index < -0.39 is 10.7 Å². The monoisotopic (exact) mass is 376 g/mol.